The van der Waals surface area contributed by atoms with Gasteiger partial charge in [-0.3, -0.25) is 0 Å². The minimum absolute atomic E-state index is 0.0326. The topological polar surface area (TPSA) is 75.1 Å². The number of aromatic carboxylic acids is 1. The number of carbonyl (C=O) groups is 1. The monoisotopic (exact) mass is 263 g/mol. The molecule has 0 atom stereocenters. The van der Waals surface area contributed by atoms with E-state index in [2.05, 4.69) is 15.5 Å². The summed E-state index contributed by atoms with van der Waals surface area (Å²) >= 11 is 1.69. The Morgan fingerprint density at radius 2 is 2.17 bits per heavy atom. The Morgan fingerprint density at radius 3 is 2.89 bits per heavy atom. The average Bonchev–Trinajstić information content (AvgIpc) is 2.38. The molecule has 0 fully saturated rings. The van der Waals surface area contributed by atoms with Gasteiger partial charge in [-0.2, -0.15) is 11.8 Å². The van der Waals surface area contributed by atoms with Crippen LogP contribution in [0.3, 0.4) is 0 Å². The first-order chi connectivity index (χ1) is 8.74. The van der Waals surface area contributed by atoms with Crippen LogP contribution in [0.5, 0.6) is 0 Å². The number of aromatic nitrogens is 2. The molecule has 0 saturated heterocycles. The number of hydrogen-bond donors (Lipinski definition) is 2. The van der Waals surface area contributed by atoms with Crippen molar-refractivity contribution >= 4 is 34.3 Å². The zero-order valence-electron chi connectivity index (χ0n) is 9.88. The summed E-state index contributed by atoms with van der Waals surface area (Å²) in [5, 5.41) is 20.7. The van der Waals surface area contributed by atoms with E-state index in [0.29, 0.717) is 17.7 Å². The quantitative estimate of drug-likeness (QED) is 0.805. The van der Waals surface area contributed by atoms with Crippen LogP contribution in [0.15, 0.2) is 24.3 Å². The van der Waals surface area contributed by atoms with Crippen LogP contribution < -0.4 is 5.32 Å². The summed E-state index contributed by atoms with van der Waals surface area (Å²) in [6.45, 7) is 0.692. The minimum atomic E-state index is -1.07. The highest BCUT2D eigenvalue weighted by Crippen LogP contribution is 2.24. The first-order valence-electron chi connectivity index (χ1n) is 5.45. The first-order valence-corrected chi connectivity index (χ1v) is 6.85. The summed E-state index contributed by atoms with van der Waals surface area (Å²) in [4.78, 5) is 11.2. The number of anilines is 1. The molecule has 0 aliphatic heterocycles. The van der Waals surface area contributed by atoms with Crippen molar-refractivity contribution in [2.45, 2.75) is 0 Å². The van der Waals surface area contributed by atoms with Gasteiger partial charge < -0.3 is 10.4 Å². The van der Waals surface area contributed by atoms with Crippen LogP contribution in [0.2, 0.25) is 0 Å². The van der Waals surface area contributed by atoms with E-state index in [0.717, 1.165) is 11.1 Å². The molecule has 18 heavy (non-hydrogen) atoms. The van der Waals surface area contributed by atoms with Crippen molar-refractivity contribution in [3.05, 3.63) is 30.0 Å². The molecule has 1 aromatic carbocycles. The zero-order valence-corrected chi connectivity index (χ0v) is 10.7. The third kappa shape index (κ3) is 2.53. The van der Waals surface area contributed by atoms with Gasteiger partial charge in [0.15, 0.2) is 5.69 Å². The highest BCUT2D eigenvalue weighted by Gasteiger charge is 2.15. The fourth-order valence-electron chi connectivity index (χ4n) is 1.66. The number of fused-ring (bicyclic) bond motifs is 1. The highest BCUT2D eigenvalue weighted by molar-refractivity contribution is 7.98. The Hall–Kier alpha value is -1.82. The fourth-order valence-corrected chi connectivity index (χ4v) is 1.97. The standard InChI is InChI=1S/C12H13N3O2S/c1-18-7-6-13-10-8-4-2-3-5-9(8)14-15-11(10)12(16)17/h2-5H,6-7H2,1H3,(H,13,14)(H,16,17). The van der Waals surface area contributed by atoms with Crippen LogP contribution >= 0.6 is 11.8 Å². The summed E-state index contributed by atoms with van der Waals surface area (Å²) in [5.41, 5.74) is 1.20. The van der Waals surface area contributed by atoms with Gasteiger partial charge in [0.1, 0.15) is 0 Å². The third-order valence-electron chi connectivity index (χ3n) is 2.48. The van der Waals surface area contributed by atoms with Crippen molar-refractivity contribution in [1.82, 2.24) is 10.2 Å². The van der Waals surface area contributed by atoms with Crippen LogP contribution in [0.1, 0.15) is 10.5 Å². The summed E-state index contributed by atoms with van der Waals surface area (Å²) < 4.78 is 0. The van der Waals surface area contributed by atoms with Crippen molar-refractivity contribution in [2.24, 2.45) is 0 Å². The molecule has 0 radical (unpaired) electrons. The number of thioether (sulfide) groups is 1. The van der Waals surface area contributed by atoms with Crippen molar-refractivity contribution in [1.29, 1.82) is 0 Å². The lowest BCUT2D eigenvalue weighted by Crippen LogP contribution is -2.12. The van der Waals surface area contributed by atoms with Gasteiger partial charge in [0.05, 0.1) is 11.2 Å². The second kappa shape index (κ2) is 5.68. The molecular formula is C12H13N3O2S. The van der Waals surface area contributed by atoms with Crippen LogP contribution in [0.25, 0.3) is 10.9 Å². The molecule has 0 amide bonds. The van der Waals surface area contributed by atoms with E-state index in [1.54, 1.807) is 11.8 Å². The molecule has 0 unspecified atom stereocenters. The zero-order chi connectivity index (χ0) is 13.0. The summed E-state index contributed by atoms with van der Waals surface area (Å²) in [6.07, 6.45) is 2.00. The van der Waals surface area contributed by atoms with E-state index in [1.165, 1.54) is 0 Å². The molecule has 1 aromatic heterocycles. The van der Waals surface area contributed by atoms with Gasteiger partial charge in [-0.25, -0.2) is 4.79 Å². The normalized spacial score (nSPS) is 10.5. The lowest BCUT2D eigenvalue weighted by atomic mass is 10.1. The first kappa shape index (κ1) is 12.6. The molecule has 1 heterocycles. The number of nitrogens with zero attached hydrogens (tertiary/aromatic N) is 2. The molecule has 94 valence electrons. The Bertz CT molecular complexity index is 574. The maximum absolute atomic E-state index is 11.2. The predicted octanol–water partition coefficient (Wildman–Crippen LogP) is 2.10. The molecule has 2 aromatic rings. The lowest BCUT2D eigenvalue weighted by molar-refractivity contribution is 0.0690. The summed E-state index contributed by atoms with van der Waals surface area (Å²) in [6, 6.07) is 7.37. The van der Waals surface area contributed by atoms with E-state index < -0.39 is 5.97 Å². The van der Waals surface area contributed by atoms with Gasteiger partial charge in [-0.1, -0.05) is 18.2 Å². The van der Waals surface area contributed by atoms with E-state index in [-0.39, 0.29) is 5.69 Å². The fraction of sp³-hybridized carbons (Fsp3) is 0.250. The molecule has 0 aliphatic carbocycles. The second-order valence-corrected chi connectivity index (χ2v) is 4.65. The van der Waals surface area contributed by atoms with Gasteiger partial charge in [0, 0.05) is 17.7 Å². The number of benzene rings is 1. The van der Waals surface area contributed by atoms with Crippen molar-refractivity contribution in [3.63, 3.8) is 0 Å². The largest absolute Gasteiger partial charge is 0.476 e. The van der Waals surface area contributed by atoms with Gasteiger partial charge >= 0.3 is 5.97 Å². The number of carboxylic acids is 1. The Morgan fingerprint density at radius 1 is 1.39 bits per heavy atom. The van der Waals surface area contributed by atoms with Crippen LogP contribution in [0, 0.1) is 0 Å². The predicted molar refractivity (Wildman–Crippen MR) is 73.4 cm³/mol. The van der Waals surface area contributed by atoms with Gasteiger partial charge in [-0.05, 0) is 12.3 Å². The third-order valence-corrected chi connectivity index (χ3v) is 3.09. The van der Waals surface area contributed by atoms with Gasteiger partial charge in [0.2, 0.25) is 0 Å². The Balaban J connectivity index is 2.48. The summed E-state index contributed by atoms with van der Waals surface area (Å²) in [5.74, 6) is -0.171. The van der Waals surface area contributed by atoms with Gasteiger partial charge in [0.25, 0.3) is 0 Å². The number of nitrogens with one attached hydrogen (secondary N) is 1. The number of hydrogen-bond acceptors (Lipinski definition) is 5. The second-order valence-electron chi connectivity index (χ2n) is 3.67. The maximum Gasteiger partial charge on any atom is 0.358 e. The smallest absolute Gasteiger partial charge is 0.358 e. The van der Waals surface area contributed by atoms with E-state index >= 15 is 0 Å². The molecule has 0 bridgehead atoms. The van der Waals surface area contributed by atoms with E-state index in [4.69, 9.17) is 5.11 Å². The molecular weight excluding hydrogens is 250 g/mol. The van der Waals surface area contributed by atoms with Crippen molar-refractivity contribution < 1.29 is 9.90 Å². The van der Waals surface area contributed by atoms with E-state index in [9.17, 15) is 4.79 Å². The maximum atomic E-state index is 11.2. The minimum Gasteiger partial charge on any atom is -0.476 e. The highest BCUT2D eigenvalue weighted by atomic mass is 32.2. The van der Waals surface area contributed by atoms with Crippen molar-refractivity contribution in [3.8, 4) is 0 Å². The summed E-state index contributed by atoms with van der Waals surface area (Å²) in [7, 11) is 0. The van der Waals surface area contributed by atoms with Crippen molar-refractivity contribution in [2.75, 3.05) is 23.9 Å². The molecule has 5 nitrogen and oxygen atoms in total. The molecule has 0 saturated carbocycles. The molecule has 2 N–H and O–H groups in total. The number of rotatable bonds is 5. The number of carboxylic acid groups (broad SMARTS) is 1. The van der Waals surface area contributed by atoms with E-state index in [1.807, 2.05) is 30.5 Å². The molecule has 2 rings (SSSR count). The van der Waals surface area contributed by atoms with Crippen LogP contribution in [-0.4, -0.2) is 39.8 Å². The SMILES string of the molecule is CSCCNc1c(C(=O)O)nnc2ccccc12. The van der Waals surface area contributed by atoms with Gasteiger partial charge in [-0.15, -0.1) is 10.2 Å². The van der Waals surface area contributed by atoms with Crippen LogP contribution in [-0.2, 0) is 0 Å². The molecule has 0 spiro atoms. The molecule has 6 heteroatoms. The Labute approximate surface area is 109 Å². The molecule has 0 aliphatic rings. The average molecular weight is 263 g/mol. The Kier molecular flexibility index (Phi) is 3.99. The van der Waals surface area contributed by atoms with Crippen LogP contribution in [0.4, 0.5) is 5.69 Å². The lowest BCUT2D eigenvalue weighted by Gasteiger charge is -2.10.